The highest BCUT2D eigenvalue weighted by molar-refractivity contribution is 5.75. The molecule has 2 aliphatic rings. The molecule has 4 atom stereocenters. The third kappa shape index (κ3) is 6.59. The standard InChI is InChI=1S/C19H34N2O4/c1-2-3-9-18(22)21-20-13-15-14(16-11-12-17(15)25-16)8-6-4-5-7-10-19(23)24/h14-17,20H,2-13H2,1H3,(H,21,22)(H,23,24)/t14-,15+,16-,17+/m0/s1. The van der Waals surface area contributed by atoms with Gasteiger partial charge in [0.1, 0.15) is 0 Å². The van der Waals surface area contributed by atoms with Gasteiger partial charge in [0.05, 0.1) is 12.2 Å². The first-order valence-corrected chi connectivity index (χ1v) is 10.0. The van der Waals surface area contributed by atoms with Crippen LogP contribution in [0.1, 0.15) is 77.6 Å². The number of carbonyl (C=O) groups excluding carboxylic acids is 1. The van der Waals surface area contributed by atoms with Gasteiger partial charge in [-0.05, 0) is 38.0 Å². The topological polar surface area (TPSA) is 87.7 Å². The first-order valence-electron chi connectivity index (χ1n) is 10.0. The maximum atomic E-state index is 11.7. The van der Waals surface area contributed by atoms with E-state index in [-0.39, 0.29) is 12.3 Å². The van der Waals surface area contributed by atoms with E-state index in [1.54, 1.807) is 0 Å². The van der Waals surface area contributed by atoms with Crippen LogP contribution >= 0.6 is 0 Å². The molecule has 2 aliphatic heterocycles. The van der Waals surface area contributed by atoms with E-state index < -0.39 is 5.97 Å². The second kappa shape index (κ2) is 10.8. The van der Waals surface area contributed by atoms with Crippen LogP contribution in [0, 0.1) is 11.8 Å². The van der Waals surface area contributed by atoms with Gasteiger partial charge in [-0.2, -0.15) is 0 Å². The van der Waals surface area contributed by atoms with Crippen molar-refractivity contribution in [3.8, 4) is 0 Å². The number of hydrogen-bond donors (Lipinski definition) is 3. The number of unbranched alkanes of at least 4 members (excludes halogenated alkanes) is 4. The molecular formula is C19H34N2O4. The molecule has 1 amide bonds. The summed E-state index contributed by atoms with van der Waals surface area (Å²) in [6, 6.07) is 0. The zero-order chi connectivity index (χ0) is 18.1. The van der Waals surface area contributed by atoms with Crippen molar-refractivity contribution < 1.29 is 19.4 Å². The minimum atomic E-state index is -0.700. The Morgan fingerprint density at radius 1 is 1.00 bits per heavy atom. The highest BCUT2D eigenvalue weighted by Gasteiger charge is 2.47. The van der Waals surface area contributed by atoms with E-state index in [0.717, 1.165) is 64.3 Å². The van der Waals surface area contributed by atoms with Gasteiger partial charge >= 0.3 is 5.97 Å². The molecular weight excluding hydrogens is 320 g/mol. The molecule has 6 nitrogen and oxygen atoms in total. The number of amides is 1. The number of hydrazine groups is 1. The molecule has 25 heavy (non-hydrogen) atoms. The average Bonchev–Trinajstić information content (AvgIpc) is 3.18. The lowest BCUT2D eigenvalue weighted by Crippen LogP contribution is -2.44. The zero-order valence-electron chi connectivity index (χ0n) is 15.5. The second-order valence-electron chi connectivity index (χ2n) is 7.50. The zero-order valence-corrected chi connectivity index (χ0v) is 15.5. The maximum Gasteiger partial charge on any atom is 0.303 e. The molecule has 2 fully saturated rings. The van der Waals surface area contributed by atoms with Crippen LogP contribution in [0.2, 0.25) is 0 Å². The van der Waals surface area contributed by atoms with Crippen molar-refractivity contribution in [2.24, 2.45) is 11.8 Å². The SMILES string of the molecule is CCCCC(=O)NNC[C@@H]1[C@H](CCCCCCC(=O)O)[C@@H]2CC[C@H]1O2. The van der Waals surface area contributed by atoms with Gasteiger partial charge in [-0.3, -0.25) is 15.0 Å². The Bertz CT molecular complexity index is 430. The van der Waals surface area contributed by atoms with Crippen LogP contribution in [-0.2, 0) is 14.3 Å². The Kier molecular flexibility index (Phi) is 8.68. The van der Waals surface area contributed by atoms with Crippen molar-refractivity contribution >= 4 is 11.9 Å². The van der Waals surface area contributed by atoms with Gasteiger partial charge in [-0.1, -0.05) is 32.6 Å². The van der Waals surface area contributed by atoms with E-state index in [1.165, 1.54) is 0 Å². The van der Waals surface area contributed by atoms with Gasteiger partial charge in [0.25, 0.3) is 0 Å². The summed E-state index contributed by atoms with van der Waals surface area (Å²) < 4.78 is 6.10. The van der Waals surface area contributed by atoms with Gasteiger partial charge < -0.3 is 9.84 Å². The molecule has 144 valence electrons. The fraction of sp³-hybridized carbons (Fsp3) is 0.895. The van der Waals surface area contributed by atoms with E-state index >= 15 is 0 Å². The third-order valence-corrected chi connectivity index (χ3v) is 5.59. The Morgan fingerprint density at radius 3 is 2.44 bits per heavy atom. The van der Waals surface area contributed by atoms with Crippen LogP contribution in [0.4, 0.5) is 0 Å². The number of carbonyl (C=O) groups is 2. The summed E-state index contributed by atoms with van der Waals surface area (Å²) in [7, 11) is 0. The van der Waals surface area contributed by atoms with E-state index in [2.05, 4.69) is 17.8 Å². The second-order valence-corrected chi connectivity index (χ2v) is 7.50. The molecule has 2 saturated heterocycles. The largest absolute Gasteiger partial charge is 0.481 e. The Balaban J connectivity index is 1.64. The van der Waals surface area contributed by atoms with Crippen molar-refractivity contribution in [2.45, 2.75) is 89.8 Å². The maximum absolute atomic E-state index is 11.7. The smallest absolute Gasteiger partial charge is 0.303 e. The Labute approximate surface area is 151 Å². The summed E-state index contributed by atoms with van der Waals surface area (Å²) in [5, 5.41) is 8.66. The molecule has 0 aromatic carbocycles. The number of rotatable bonds is 13. The fourth-order valence-corrected chi connectivity index (χ4v) is 4.23. The van der Waals surface area contributed by atoms with Crippen LogP contribution in [-0.4, -0.2) is 35.7 Å². The van der Waals surface area contributed by atoms with Crippen LogP contribution in [0.15, 0.2) is 0 Å². The molecule has 0 aromatic heterocycles. The summed E-state index contributed by atoms with van der Waals surface area (Å²) in [5.41, 5.74) is 5.95. The number of nitrogens with one attached hydrogen (secondary N) is 2. The van der Waals surface area contributed by atoms with Gasteiger partial charge in [-0.25, -0.2) is 5.43 Å². The number of carboxylic acid groups (broad SMARTS) is 1. The van der Waals surface area contributed by atoms with Crippen LogP contribution in [0.25, 0.3) is 0 Å². The summed E-state index contributed by atoms with van der Waals surface area (Å²) >= 11 is 0. The number of ether oxygens (including phenoxy) is 1. The predicted molar refractivity (Wildman–Crippen MR) is 95.9 cm³/mol. The van der Waals surface area contributed by atoms with E-state index in [9.17, 15) is 9.59 Å². The molecule has 0 aromatic rings. The molecule has 2 bridgehead atoms. The third-order valence-electron chi connectivity index (χ3n) is 5.59. The minimum absolute atomic E-state index is 0.0703. The van der Waals surface area contributed by atoms with Gasteiger partial charge in [-0.15, -0.1) is 0 Å². The lowest BCUT2D eigenvalue weighted by Gasteiger charge is -2.28. The summed E-state index contributed by atoms with van der Waals surface area (Å²) in [5.74, 6) is 0.414. The summed E-state index contributed by atoms with van der Waals surface area (Å²) in [6.07, 6.45) is 11.0. The molecule has 3 N–H and O–H groups in total. The normalized spacial score (nSPS) is 27.6. The summed E-state index contributed by atoms with van der Waals surface area (Å²) in [4.78, 5) is 22.2. The lowest BCUT2D eigenvalue weighted by molar-refractivity contribution is -0.137. The number of fused-ring (bicyclic) bond motifs is 2. The first-order chi connectivity index (χ1) is 12.1. The quantitative estimate of drug-likeness (QED) is 0.349. The lowest BCUT2D eigenvalue weighted by atomic mass is 9.76. The highest BCUT2D eigenvalue weighted by atomic mass is 16.5. The number of aliphatic carboxylic acids is 1. The van der Waals surface area contributed by atoms with Gasteiger partial charge in [0.15, 0.2) is 0 Å². The minimum Gasteiger partial charge on any atom is -0.481 e. The molecule has 0 saturated carbocycles. The summed E-state index contributed by atoms with van der Waals surface area (Å²) in [6.45, 7) is 2.86. The average molecular weight is 354 g/mol. The Hall–Kier alpha value is -1.14. The molecule has 0 radical (unpaired) electrons. The van der Waals surface area contributed by atoms with Crippen molar-refractivity contribution in [1.82, 2.24) is 10.9 Å². The predicted octanol–water partition coefficient (Wildman–Crippen LogP) is 3.02. The van der Waals surface area contributed by atoms with Crippen molar-refractivity contribution in [3.63, 3.8) is 0 Å². The highest BCUT2D eigenvalue weighted by Crippen LogP contribution is 2.45. The molecule has 0 unspecified atom stereocenters. The van der Waals surface area contributed by atoms with E-state index in [0.29, 0.717) is 30.5 Å². The van der Waals surface area contributed by atoms with Crippen LogP contribution < -0.4 is 10.9 Å². The molecule has 0 spiro atoms. The monoisotopic (exact) mass is 354 g/mol. The molecule has 2 rings (SSSR count). The molecule has 6 heteroatoms. The first kappa shape index (κ1) is 20.2. The van der Waals surface area contributed by atoms with E-state index in [4.69, 9.17) is 9.84 Å². The van der Waals surface area contributed by atoms with Crippen LogP contribution in [0.3, 0.4) is 0 Å². The molecule has 0 aliphatic carbocycles. The fourth-order valence-electron chi connectivity index (χ4n) is 4.23. The Morgan fingerprint density at radius 2 is 1.72 bits per heavy atom. The van der Waals surface area contributed by atoms with Crippen LogP contribution in [0.5, 0.6) is 0 Å². The van der Waals surface area contributed by atoms with Crippen molar-refractivity contribution in [1.29, 1.82) is 0 Å². The van der Waals surface area contributed by atoms with Crippen molar-refractivity contribution in [3.05, 3.63) is 0 Å². The van der Waals surface area contributed by atoms with Gasteiger partial charge in [0.2, 0.25) is 5.91 Å². The van der Waals surface area contributed by atoms with Gasteiger partial charge in [0, 0.05) is 25.3 Å². The van der Waals surface area contributed by atoms with Crippen molar-refractivity contribution in [2.75, 3.05) is 6.54 Å². The number of carboxylic acids is 1. The molecule has 2 heterocycles. The number of hydrogen-bond acceptors (Lipinski definition) is 4. The van der Waals surface area contributed by atoms with E-state index in [1.807, 2.05) is 0 Å².